The van der Waals surface area contributed by atoms with E-state index in [4.69, 9.17) is 10.00 Å². The van der Waals surface area contributed by atoms with Gasteiger partial charge in [-0.25, -0.2) is 0 Å². The molecule has 0 bridgehead atoms. The van der Waals surface area contributed by atoms with Gasteiger partial charge in [-0.15, -0.1) is 24.8 Å². The van der Waals surface area contributed by atoms with E-state index in [9.17, 15) is 0 Å². The molecule has 1 aliphatic heterocycles. The molecule has 1 N–H and O–H groups in total. The molecule has 1 aromatic carbocycles. The normalized spacial score (nSPS) is 15.3. The van der Waals surface area contributed by atoms with E-state index in [0.717, 1.165) is 50.5 Å². The zero-order chi connectivity index (χ0) is 14.4. The number of morpholine rings is 1. The fourth-order valence-corrected chi connectivity index (χ4v) is 2.54. The topological polar surface area (TPSA) is 48.3 Å². The van der Waals surface area contributed by atoms with Crippen LogP contribution >= 0.6 is 24.8 Å². The van der Waals surface area contributed by atoms with Crippen molar-refractivity contribution in [2.24, 2.45) is 0 Å². The van der Waals surface area contributed by atoms with E-state index in [0.29, 0.717) is 0 Å². The largest absolute Gasteiger partial charge is 0.379 e. The molecule has 2 rings (SSSR count). The van der Waals surface area contributed by atoms with E-state index in [1.807, 2.05) is 18.2 Å². The average molecular weight is 346 g/mol. The van der Waals surface area contributed by atoms with Gasteiger partial charge in [0.2, 0.25) is 0 Å². The lowest BCUT2D eigenvalue weighted by molar-refractivity contribution is -0.00966. The minimum absolute atomic E-state index is 0. The molecular weight excluding hydrogens is 321 g/mol. The van der Waals surface area contributed by atoms with Crippen molar-refractivity contribution in [3.05, 3.63) is 35.4 Å². The van der Waals surface area contributed by atoms with Crippen molar-refractivity contribution in [1.29, 1.82) is 5.26 Å². The van der Waals surface area contributed by atoms with Crippen molar-refractivity contribution in [2.75, 3.05) is 32.8 Å². The van der Waals surface area contributed by atoms with E-state index in [2.05, 4.69) is 36.2 Å². The van der Waals surface area contributed by atoms with Crippen LogP contribution in [0.1, 0.15) is 25.0 Å². The summed E-state index contributed by atoms with van der Waals surface area (Å²) in [5, 5.41) is 12.4. The first-order valence-electron chi connectivity index (χ1n) is 7.14. The van der Waals surface area contributed by atoms with Gasteiger partial charge < -0.3 is 10.1 Å². The van der Waals surface area contributed by atoms with E-state index in [-0.39, 0.29) is 30.4 Å². The highest BCUT2D eigenvalue weighted by Crippen LogP contribution is 2.15. The maximum absolute atomic E-state index is 8.90. The predicted octanol–water partition coefficient (Wildman–Crippen LogP) is 2.60. The highest BCUT2D eigenvalue weighted by atomic mass is 35.5. The van der Waals surface area contributed by atoms with Gasteiger partial charge in [0.25, 0.3) is 0 Å². The fraction of sp³-hybridized carbons (Fsp3) is 0.562. The summed E-state index contributed by atoms with van der Waals surface area (Å²) >= 11 is 0. The second kappa shape index (κ2) is 10.0. The monoisotopic (exact) mass is 345 g/mol. The van der Waals surface area contributed by atoms with Crippen LogP contribution < -0.4 is 5.32 Å². The number of rotatable bonds is 5. The lowest BCUT2D eigenvalue weighted by Gasteiger charge is -2.41. The van der Waals surface area contributed by atoms with Crippen LogP contribution in [0.5, 0.6) is 0 Å². The Morgan fingerprint density at radius 3 is 2.59 bits per heavy atom. The first-order chi connectivity index (χ1) is 9.62. The van der Waals surface area contributed by atoms with E-state index in [1.54, 1.807) is 0 Å². The molecule has 0 aromatic heterocycles. The van der Waals surface area contributed by atoms with Gasteiger partial charge in [0, 0.05) is 31.7 Å². The minimum atomic E-state index is 0. The van der Waals surface area contributed by atoms with Gasteiger partial charge >= 0.3 is 0 Å². The van der Waals surface area contributed by atoms with E-state index >= 15 is 0 Å². The Labute approximate surface area is 145 Å². The summed E-state index contributed by atoms with van der Waals surface area (Å²) in [7, 11) is 0. The molecule has 0 aliphatic carbocycles. The lowest BCUT2D eigenvalue weighted by Crippen LogP contribution is -2.54. The van der Waals surface area contributed by atoms with Gasteiger partial charge in [-0.3, -0.25) is 4.90 Å². The smallest absolute Gasteiger partial charge is 0.0991 e. The maximum Gasteiger partial charge on any atom is 0.0991 e. The van der Waals surface area contributed by atoms with Crippen molar-refractivity contribution in [3.8, 4) is 6.07 Å². The molecule has 1 aromatic rings. The van der Waals surface area contributed by atoms with Gasteiger partial charge in [-0.1, -0.05) is 12.1 Å². The molecule has 0 amide bonds. The molecule has 1 saturated heterocycles. The van der Waals surface area contributed by atoms with Crippen molar-refractivity contribution in [1.82, 2.24) is 10.2 Å². The number of ether oxygens (including phenoxy) is 1. The second-order valence-corrected chi connectivity index (χ2v) is 5.83. The average Bonchev–Trinajstić information content (AvgIpc) is 2.48. The Morgan fingerprint density at radius 2 is 1.95 bits per heavy atom. The maximum atomic E-state index is 8.90. The van der Waals surface area contributed by atoms with Crippen LogP contribution in [0.3, 0.4) is 0 Å². The number of hydrogen-bond donors (Lipinski definition) is 1. The zero-order valence-electron chi connectivity index (χ0n) is 13.2. The molecular formula is C16H25Cl2N3O. The third kappa shape index (κ3) is 6.12. The number of nitrogens with zero attached hydrogens (tertiary/aromatic N) is 2. The van der Waals surface area contributed by atoms with E-state index < -0.39 is 0 Å². The van der Waals surface area contributed by atoms with Crippen molar-refractivity contribution < 1.29 is 4.74 Å². The summed E-state index contributed by atoms with van der Waals surface area (Å²) in [5.41, 5.74) is 2.00. The summed E-state index contributed by atoms with van der Waals surface area (Å²) in [4.78, 5) is 2.47. The molecule has 0 radical (unpaired) electrons. The molecule has 1 heterocycles. The van der Waals surface area contributed by atoms with Crippen LogP contribution in [0.25, 0.3) is 0 Å². The zero-order valence-corrected chi connectivity index (χ0v) is 14.8. The summed E-state index contributed by atoms with van der Waals surface area (Å²) in [6.45, 7) is 9.89. The molecule has 1 aliphatic rings. The Bertz CT molecular complexity index is 483. The van der Waals surface area contributed by atoms with Gasteiger partial charge in [0.05, 0.1) is 24.8 Å². The highest BCUT2D eigenvalue weighted by Gasteiger charge is 2.27. The lowest BCUT2D eigenvalue weighted by atomic mass is 10.0. The molecule has 0 spiro atoms. The summed E-state index contributed by atoms with van der Waals surface area (Å²) in [6.07, 6.45) is 0. The van der Waals surface area contributed by atoms with Gasteiger partial charge in [0.15, 0.2) is 0 Å². The Balaban J connectivity index is 0.00000220. The number of halogens is 2. The van der Waals surface area contributed by atoms with Crippen LogP contribution in [0.4, 0.5) is 0 Å². The predicted molar refractivity (Wildman–Crippen MR) is 93.8 cm³/mol. The molecule has 0 saturated carbocycles. The molecule has 22 heavy (non-hydrogen) atoms. The summed E-state index contributed by atoms with van der Waals surface area (Å²) in [5.74, 6) is 0. The SMILES string of the molecule is CC(C)(CNCc1cccc(C#N)c1)N1CCOCC1.Cl.Cl. The standard InChI is InChI=1S/C16H23N3O.2ClH/c1-16(2,19-6-8-20-9-7-19)13-18-12-15-5-3-4-14(10-15)11-17;;/h3-5,10,18H,6-9,12-13H2,1-2H3;2*1H. The Kier molecular flexibility index (Phi) is 9.66. The molecule has 0 unspecified atom stereocenters. The molecule has 4 nitrogen and oxygen atoms in total. The first-order valence-corrected chi connectivity index (χ1v) is 7.14. The Hall–Kier alpha value is -0.830. The van der Waals surface area contributed by atoms with Crippen LogP contribution in [0.15, 0.2) is 24.3 Å². The number of nitrogens with one attached hydrogen (secondary N) is 1. The van der Waals surface area contributed by atoms with Gasteiger partial charge in [0.1, 0.15) is 0 Å². The summed E-state index contributed by atoms with van der Waals surface area (Å²) in [6, 6.07) is 9.93. The molecule has 0 atom stereocenters. The quantitative estimate of drug-likeness (QED) is 0.890. The van der Waals surface area contributed by atoms with Crippen LogP contribution in [0.2, 0.25) is 0 Å². The third-order valence-corrected chi connectivity index (χ3v) is 3.81. The van der Waals surface area contributed by atoms with Crippen LogP contribution in [-0.2, 0) is 11.3 Å². The van der Waals surface area contributed by atoms with E-state index in [1.165, 1.54) is 0 Å². The van der Waals surface area contributed by atoms with Crippen LogP contribution in [0, 0.1) is 11.3 Å². The minimum Gasteiger partial charge on any atom is -0.379 e. The van der Waals surface area contributed by atoms with Crippen molar-refractivity contribution in [3.63, 3.8) is 0 Å². The number of benzene rings is 1. The number of hydrogen-bond acceptors (Lipinski definition) is 4. The third-order valence-electron chi connectivity index (χ3n) is 3.81. The Morgan fingerprint density at radius 1 is 1.27 bits per heavy atom. The fourth-order valence-electron chi connectivity index (χ4n) is 2.54. The first kappa shape index (κ1) is 21.2. The van der Waals surface area contributed by atoms with Gasteiger partial charge in [-0.05, 0) is 31.5 Å². The van der Waals surface area contributed by atoms with Crippen molar-refractivity contribution in [2.45, 2.75) is 25.9 Å². The summed E-state index contributed by atoms with van der Waals surface area (Å²) < 4.78 is 5.40. The van der Waals surface area contributed by atoms with Gasteiger partial charge in [-0.2, -0.15) is 5.26 Å². The highest BCUT2D eigenvalue weighted by molar-refractivity contribution is 5.85. The molecule has 6 heteroatoms. The van der Waals surface area contributed by atoms with Crippen LogP contribution in [-0.4, -0.2) is 43.3 Å². The second-order valence-electron chi connectivity index (χ2n) is 5.83. The number of nitriles is 1. The molecule has 1 fully saturated rings. The van der Waals surface area contributed by atoms with Crippen molar-refractivity contribution >= 4 is 24.8 Å². The molecule has 124 valence electrons.